The van der Waals surface area contributed by atoms with Crippen LogP contribution in [0.25, 0.3) is 0 Å². The van der Waals surface area contributed by atoms with Crippen LogP contribution < -0.4 is 0 Å². The minimum atomic E-state index is -0.700. The zero-order valence-electron chi connectivity index (χ0n) is 11.7. The lowest BCUT2D eigenvalue weighted by molar-refractivity contribution is -0.137. The summed E-state index contributed by atoms with van der Waals surface area (Å²) in [7, 11) is 0. The van der Waals surface area contributed by atoms with Gasteiger partial charge in [-0.2, -0.15) is 0 Å². The smallest absolute Gasteiger partial charge is 0.228 e. The van der Waals surface area contributed by atoms with E-state index in [0.717, 1.165) is 30.6 Å². The molecule has 1 aliphatic rings. The summed E-state index contributed by atoms with van der Waals surface area (Å²) < 4.78 is 0. The van der Waals surface area contributed by atoms with E-state index in [2.05, 4.69) is 4.98 Å². The molecule has 19 heavy (non-hydrogen) atoms. The van der Waals surface area contributed by atoms with Crippen molar-refractivity contribution in [3.05, 3.63) is 29.6 Å². The van der Waals surface area contributed by atoms with Crippen LogP contribution in [0.1, 0.15) is 37.4 Å². The fraction of sp³-hybridized carbons (Fsp3) is 0.600. The molecule has 2 rings (SSSR count). The zero-order valence-corrected chi connectivity index (χ0v) is 11.7. The molecule has 4 nitrogen and oxygen atoms in total. The van der Waals surface area contributed by atoms with Crippen LogP contribution >= 0.6 is 0 Å². The van der Waals surface area contributed by atoms with Gasteiger partial charge >= 0.3 is 0 Å². The third-order valence-electron chi connectivity index (χ3n) is 3.87. The highest BCUT2D eigenvalue weighted by molar-refractivity contribution is 5.78. The van der Waals surface area contributed by atoms with Crippen molar-refractivity contribution in [2.75, 3.05) is 13.1 Å². The second-order valence-electron chi connectivity index (χ2n) is 5.50. The Hall–Kier alpha value is -1.42. The van der Waals surface area contributed by atoms with Crippen LogP contribution in [0, 0.1) is 6.92 Å². The summed E-state index contributed by atoms with van der Waals surface area (Å²) in [5.41, 5.74) is 1.21. The van der Waals surface area contributed by atoms with Gasteiger partial charge in [-0.15, -0.1) is 0 Å². The van der Waals surface area contributed by atoms with E-state index in [-0.39, 0.29) is 5.91 Å². The normalized spacial score (nSPS) is 23.4. The first-order valence-corrected chi connectivity index (χ1v) is 6.94. The Bertz CT molecular complexity index is 461. The largest absolute Gasteiger partial charge is 0.388 e. The van der Waals surface area contributed by atoms with Crippen LogP contribution in [0.15, 0.2) is 18.3 Å². The molecule has 0 radical (unpaired) electrons. The number of carbonyl (C=O) groups is 1. The fourth-order valence-electron chi connectivity index (χ4n) is 2.58. The van der Waals surface area contributed by atoms with Crippen molar-refractivity contribution >= 4 is 5.91 Å². The number of nitrogens with zero attached hydrogens (tertiary/aromatic N) is 2. The molecule has 0 saturated carbocycles. The molecular formula is C15H22N2O2. The molecule has 0 aliphatic carbocycles. The molecule has 1 unspecified atom stereocenters. The average Bonchev–Trinajstić information content (AvgIpc) is 2.39. The maximum Gasteiger partial charge on any atom is 0.228 e. The van der Waals surface area contributed by atoms with Gasteiger partial charge in [0, 0.05) is 25.0 Å². The zero-order chi connectivity index (χ0) is 13.9. The minimum Gasteiger partial charge on any atom is -0.388 e. The van der Waals surface area contributed by atoms with Crippen molar-refractivity contribution < 1.29 is 9.90 Å². The number of carbonyl (C=O) groups excluding carboxylic acids is 1. The Morgan fingerprint density at radius 3 is 3.05 bits per heavy atom. The predicted octanol–water partition coefficient (Wildman–Crippen LogP) is 1.70. The van der Waals surface area contributed by atoms with Gasteiger partial charge < -0.3 is 10.0 Å². The highest BCUT2D eigenvalue weighted by Gasteiger charge is 2.33. The number of β-amino-alcohol motifs (C(OH)–C–C–N with tert-alkyl or cyclic N) is 1. The van der Waals surface area contributed by atoms with Crippen molar-refractivity contribution in [1.29, 1.82) is 0 Å². The summed E-state index contributed by atoms with van der Waals surface area (Å²) in [4.78, 5) is 18.3. The second-order valence-corrected chi connectivity index (χ2v) is 5.50. The lowest BCUT2D eigenvalue weighted by Gasteiger charge is -2.38. The van der Waals surface area contributed by atoms with Crippen LogP contribution in [0.3, 0.4) is 0 Å². The van der Waals surface area contributed by atoms with Crippen LogP contribution in [0.4, 0.5) is 0 Å². The molecule has 2 heterocycles. The van der Waals surface area contributed by atoms with Crippen molar-refractivity contribution in [3.63, 3.8) is 0 Å². The third kappa shape index (κ3) is 3.53. The quantitative estimate of drug-likeness (QED) is 0.902. The highest BCUT2D eigenvalue weighted by Crippen LogP contribution is 2.24. The van der Waals surface area contributed by atoms with E-state index in [4.69, 9.17) is 0 Å². The van der Waals surface area contributed by atoms with Crippen molar-refractivity contribution in [2.45, 2.75) is 45.1 Å². The molecule has 1 fully saturated rings. The van der Waals surface area contributed by atoms with Crippen molar-refractivity contribution in [2.24, 2.45) is 0 Å². The van der Waals surface area contributed by atoms with Gasteiger partial charge in [0.15, 0.2) is 0 Å². The molecule has 1 saturated heterocycles. The van der Waals surface area contributed by atoms with Gasteiger partial charge in [0.1, 0.15) is 0 Å². The van der Waals surface area contributed by atoms with E-state index in [1.165, 1.54) is 0 Å². The Morgan fingerprint density at radius 1 is 1.58 bits per heavy atom. The number of likely N-dealkylation sites (tertiary alicyclic amines) is 1. The molecule has 0 spiro atoms. The first kappa shape index (κ1) is 14.0. The minimum absolute atomic E-state index is 0.0599. The van der Waals surface area contributed by atoms with E-state index in [0.29, 0.717) is 19.4 Å². The number of amides is 1. The number of pyridine rings is 1. The molecule has 4 heteroatoms. The first-order valence-electron chi connectivity index (χ1n) is 6.94. The summed E-state index contributed by atoms with van der Waals surface area (Å²) in [5, 5.41) is 10.3. The van der Waals surface area contributed by atoms with Crippen LogP contribution in [-0.4, -0.2) is 39.6 Å². The third-order valence-corrected chi connectivity index (χ3v) is 3.87. The van der Waals surface area contributed by atoms with Crippen LogP contribution in [0.2, 0.25) is 0 Å². The molecule has 1 aromatic heterocycles. The summed E-state index contributed by atoms with van der Waals surface area (Å²) in [6.45, 7) is 5.16. The summed E-state index contributed by atoms with van der Waals surface area (Å²) in [6, 6.07) is 3.86. The molecule has 0 aromatic carbocycles. The monoisotopic (exact) mass is 262 g/mol. The van der Waals surface area contributed by atoms with Gasteiger partial charge in [-0.3, -0.25) is 9.78 Å². The highest BCUT2D eigenvalue weighted by atomic mass is 16.3. The standard InChI is InChI=1S/C15H22N2O2/c1-3-15(19)6-4-8-17(11-15)14(18)10-13-9-12(2)5-7-16-13/h5,7,9,19H,3-4,6,8,10-11H2,1-2H3. The molecule has 1 N–H and O–H groups in total. The van der Waals surface area contributed by atoms with E-state index >= 15 is 0 Å². The second kappa shape index (κ2) is 5.70. The van der Waals surface area contributed by atoms with Gasteiger partial charge in [0.2, 0.25) is 5.91 Å². The fourth-order valence-corrected chi connectivity index (χ4v) is 2.58. The number of piperidine rings is 1. The topological polar surface area (TPSA) is 53.4 Å². The number of aromatic nitrogens is 1. The van der Waals surface area contributed by atoms with Crippen LogP contribution in [0.5, 0.6) is 0 Å². The van der Waals surface area contributed by atoms with Gasteiger partial charge in [0.05, 0.1) is 12.0 Å². The molecule has 1 amide bonds. The number of rotatable bonds is 3. The van der Waals surface area contributed by atoms with Crippen molar-refractivity contribution in [1.82, 2.24) is 9.88 Å². The molecular weight excluding hydrogens is 240 g/mol. The van der Waals surface area contributed by atoms with Gasteiger partial charge in [-0.25, -0.2) is 0 Å². The maximum atomic E-state index is 12.3. The SMILES string of the molecule is CCC1(O)CCCN(C(=O)Cc2cc(C)ccn2)C1. The molecule has 104 valence electrons. The summed E-state index contributed by atoms with van der Waals surface area (Å²) in [6.07, 6.45) is 4.41. The Kier molecular flexibility index (Phi) is 4.20. The number of aryl methyl sites for hydroxylation is 1. The lowest BCUT2D eigenvalue weighted by atomic mass is 9.90. The average molecular weight is 262 g/mol. The van der Waals surface area contributed by atoms with Gasteiger partial charge in [-0.1, -0.05) is 6.92 Å². The molecule has 0 bridgehead atoms. The Labute approximate surface area is 114 Å². The summed E-state index contributed by atoms with van der Waals surface area (Å²) >= 11 is 0. The maximum absolute atomic E-state index is 12.3. The molecule has 1 aromatic rings. The van der Waals surface area contributed by atoms with Crippen molar-refractivity contribution in [3.8, 4) is 0 Å². The Balaban J connectivity index is 2.00. The lowest BCUT2D eigenvalue weighted by Crippen LogP contribution is -2.50. The van der Waals surface area contributed by atoms with Gasteiger partial charge in [0.25, 0.3) is 0 Å². The van der Waals surface area contributed by atoms with E-state index < -0.39 is 5.60 Å². The van der Waals surface area contributed by atoms with E-state index in [1.54, 1.807) is 11.1 Å². The van der Waals surface area contributed by atoms with Crippen LogP contribution in [-0.2, 0) is 11.2 Å². The molecule has 1 aliphatic heterocycles. The van der Waals surface area contributed by atoms with Gasteiger partial charge in [-0.05, 0) is 43.9 Å². The Morgan fingerprint density at radius 2 is 2.37 bits per heavy atom. The van der Waals surface area contributed by atoms with E-state index in [9.17, 15) is 9.90 Å². The van der Waals surface area contributed by atoms with E-state index in [1.807, 2.05) is 26.0 Å². The number of hydrogen-bond acceptors (Lipinski definition) is 3. The number of hydrogen-bond donors (Lipinski definition) is 1. The predicted molar refractivity (Wildman–Crippen MR) is 73.7 cm³/mol. The summed E-state index contributed by atoms with van der Waals surface area (Å²) in [5.74, 6) is 0.0599. The number of aliphatic hydroxyl groups is 1. The first-order chi connectivity index (χ1) is 9.02. The molecule has 1 atom stereocenters.